The largest absolute Gasteiger partial charge is 0.534 e. The second kappa shape index (κ2) is 8.23. The zero-order chi connectivity index (χ0) is 25.8. The highest BCUT2D eigenvalue weighted by atomic mass is 32.2. The van der Waals surface area contributed by atoms with Crippen LogP contribution in [0.1, 0.15) is 5.56 Å². The van der Waals surface area contributed by atoms with Crippen LogP contribution in [0.3, 0.4) is 0 Å². The van der Waals surface area contributed by atoms with E-state index in [9.17, 15) is 34.8 Å². The molecule has 2 aliphatic heterocycles. The molecule has 0 unspecified atom stereocenters. The van der Waals surface area contributed by atoms with Gasteiger partial charge < -0.3 is 23.1 Å². The van der Waals surface area contributed by atoms with E-state index in [-0.39, 0.29) is 29.7 Å². The minimum atomic E-state index is -6.36. The Morgan fingerprint density at radius 3 is 2.37 bits per heavy atom. The van der Waals surface area contributed by atoms with Gasteiger partial charge in [-0.2, -0.15) is 21.6 Å². The molecule has 0 amide bonds. The summed E-state index contributed by atoms with van der Waals surface area (Å²) < 4.78 is 115. The third kappa shape index (κ3) is 3.97. The van der Waals surface area contributed by atoms with Crippen LogP contribution in [0.25, 0.3) is 5.76 Å². The van der Waals surface area contributed by atoms with E-state index in [1.165, 1.54) is 25.3 Å². The number of hydrogen-bond donors (Lipinski definition) is 0. The van der Waals surface area contributed by atoms with Gasteiger partial charge in [-0.1, -0.05) is 0 Å². The number of methoxy groups -OCH3 is 2. The maximum Gasteiger partial charge on any atom is 0.534 e. The molecule has 0 fully saturated rings. The van der Waals surface area contributed by atoms with Crippen molar-refractivity contribution in [2.24, 2.45) is 0 Å². The van der Waals surface area contributed by atoms with E-state index >= 15 is 0 Å². The van der Waals surface area contributed by atoms with E-state index in [4.69, 9.17) is 14.2 Å². The zero-order valence-corrected chi connectivity index (χ0v) is 19.3. The van der Waals surface area contributed by atoms with Crippen LogP contribution in [-0.4, -0.2) is 49.3 Å². The first kappa shape index (κ1) is 24.5. The Kier molecular flexibility index (Phi) is 5.75. The Morgan fingerprint density at radius 2 is 1.74 bits per heavy atom. The molecule has 0 bridgehead atoms. The van der Waals surface area contributed by atoms with E-state index in [1.54, 1.807) is 0 Å². The van der Waals surface area contributed by atoms with Crippen LogP contribution in [0.5, 0.6) is 17.2 Å². The van der Waals surface area contributed by atoms with Crippen LogP contribution in [0.4, 0.5) is 18.9 Å². The molecule has 188 valence electrons. The normalized spacial score (nSPS) is 16.5. The van der Waals surface area contributed by atoms with Crippen molar-refractivity contribution in [3.8, 4) is 17.2 Å². The average molecular weight is 537 g/mol. The van der Waals surface area contributed by atoms with E-state index in [0.29, 0.717) is 4.31 Å². The predicted octanol–water partition coefficient (Wildman–Crippen LogP) is 2.34. The van der Waals surface area contributed by atoms with Crippen molar-refractivity contribution in [3.05, 3.63) is 47.7 Å². The number of rotatable bonds is 5. The molecule has 0 N–H and O–H groups in total. The summed E-state index contributed by atoms with van der Waals surface area (Å²) in [5.74, 6) is -2.52. The van der Waals surface area contributed by atoms with Crippen molar-refractivity contribution >= 4 is 37.6 Å². The van der Waals surface area contributed by atoms with Crippen LogP contribution in [0.15, 0.2) is 47.0 Å². The second-order valence-corrected chi connectivity index (χ2v) is 10.1. The molecule has 4 rings (SSSR count). The van der Waals surface area contributed by atoms with Gasteiger partial charge in [-0.3, -0.25) is 0 Å². The number of halogens is 3. The minimum absolute atomic E-state index is 0.0628. The van der Waals surface area contributed by atoms with E-state index < -0.39 is 53.5 Å². The zero-order valence-electron chi connectivity index (χ0n) is 17.7. The van der Waals surface area contributed by atoms with Crippen molar-refractivity contribution in [3.63, 3.8) is 0 Å². The van der Waals surface area contributed by atoms with Gasteiger partial charge in [0, 0.05) is 11.6 Å². The molecular weight excluding hydrogens is 523 g/mol. The summed E-state index contributed by atoms with van der Waals surface area (Å²) in [6, 6.07) is 6.63. The molecule has 2 aromatic carbocycles. The monoisotopic (exact) mass is 537 g/mol. The van der Waals surface area contributed by atoms with Gasteiger partial charge in [0.25, 0.3) is 10.0 Å². The molecule has 0 aromatic heterocycles. The topological polar surface area (TPSA) is 135 Å². The number of sulfonamides is 1. The van der Waals surface area contributed by atoms with Crippen molar-refractivity contribution in [1.29, 1.82) is 0 Å². The van der Waals surface area contributed by atoms with E-state index in [1.807, 2.05) is 0 Å². The van der Waals surface area contributed by atoms with Crippen LogP contribution in [0, 0.1) is 0 Å². The number of benzene rings is 2. The first-order valence-corrected chi connectivity index (χ1v) is 12.1. The third-order valence-electron chi connectivity index (χ3n) is 4.81. The minimum Gasteiger partial charge on any atom is -0.497 e. The fourth-order valence-electron chi connectivity index (χ4n) is 3.27. The Balaban J connectivity index is 2.08. The maximum absolute atomic E-state index is 13.6. The molecular formula is C19H14F3NO10S2. The molecule has 0 atom stereocenters. The first-order chi connectivity index (χ1) is 16.3. The van der Waals surface area contributed by atoms with Gasteiger partial charge in [-0.15, -0.1) is 0 Å². The van der Waals surface area contributed by atoms with Crippen LogP contribution >= 0.6 is 0 Å². The lowest BCUT2D eigenvalue weighted by atomic mass is 10.1. The third-order valence-corrected chi connectivity index (χ3v) is 7.55. The number of nitrogens with zero attached hydrogens (tertiary/aromatic N) is 1. The molecule has 2 aromatic rings. The number of esters is 1. The van der Waals surface area contributed by atoms with E-state index in [0.717, 1.165) is 25.3 Å². The fraction of sp³-hybridized carbons (Fsp3) is 0.211. The first-order valence-electron chi connectivity index (χ1n) is 9.28. The predicted molar refractivity (Wildman–Crippen MR) is 110 cm³/mol. The van der Waals surface area contributed by atoms with E-state index in [2.05, 4.69) is 8.92 Å². The lowest BCUT2D eigenvalue weighted by molar-refractivity contribution is -0.136. The number of ether oxygens (including phenoxy) is 4. The Hall–Kier alpha value is -3.66. The summed E-state index contributed by atoms with van der Waals surface area (Å²) in [4.78, 5) is 12.1. The second-order valence-electron chi connectivity index (χ2n) is 6.82. The van der Waals surface area contributed by atoms with Gasteiger partial charge >= 0.3 is 21.6 Å². The summed E-state index contributed by atoms with van der Waals surface area (Å²) in [5, 5.41) is 0. The van der Waals surface area contributed by atoms with Crippen molar-refractivity contribution in [1.82, 2.24) is 0 Å². The average Bonchev–Trinajstić information content (AvgIpc) is 3.26. The highest BCUT2D eigenvalue weighted by Crippen LogP contribution is 2.46. The molecule has 2 heterocycles. The molecule has 11 nitrogen and oxygen atoms in total. The Labute approximate surface area is 196 Å². The highest BCUT2D eigenvalue weighted by Gasteiger charge is 2.52. The standard InChI is InChI=1S/C19H14F3NO10S2/c1-29-11-4-6-15-12(8-11)17(33-35(27,28)19(20,21)22)16(18(24)30-2)23(34(15,25)26)10-3-5-13-14(7-10)32-9-31-13/h3-8H,9H2,1-2H3. The number of carbonyl (C=O) groups is 1. The van der Waals surface area contributed by atoms with Crippen molar-refractivity contribution in [2.45, 2.75) is 10.4 Å². The summed E-state index contributed by atoms with van der Waals surface area (Å²) in [7, 11) is -9.11. The summed E-state index contributed by atoms with van der Waals surface area (Å²) >= 11 is 0. The van der Waals surface area contributed by atoms with Gasteiger partial charge in [-0.25, -0.2) is 17.5 Å². The SMILES string of the molecule is COC(=O)C1=C(OS(=O)(=O)C(F)(F)F)c2cc(OC)ccc2S(=O)(=O)N1c1ccc2c(c1)OCO2. The molecule has 0 spiro atoms. The molecule has 0 saturated carbocycles. The Bertz CT molecular complexity index is 1470. The van der Waals surface area contributed by atoms with Gasteiger partial charge in [0.15, 0.2) is 23.0 Å². The molecule has 0 saturated heterocycles. The number of fused-ring (bicyclic) bond motifs is 2. The van der Waals surface area contributed by atoms with Gasteiger partial charge in [0.05, 0.1) is 24.8 Å². The quantitative estimate of drug-likeness (QED) is 0.318. The molecule has 2 aliphatic rings. The Morgan fingerprint density at radius 1 is 1.06 bits per heavy atom. The fourth-order valence-corrected chi connectivity index (χ4v) is 5.41. The smallest absolute Gasteiger partial charge is 0.497 e. The molecule has 0 radical (unpaired) electrons. The summed E-state index contributed by atoms with van der Waals surface area (Å²) in [5.41, 5.74) is -8.03. The van der Waals surface area contributed by atoms with Crippen molar-refractivity contribution < 1.29 is 57.9 Å². The molecule has 35 heavy (non-hydrogen) atoms. The summed E-state index contributed by atoms with van der Waals surface area (Å²) in [6.07, 6.45) is 0. The van der Waals surface area contributed by atoms with Crippen LogP contribution in [0.2, 0.25) is 0 Å². The van der Waals surface area contributed by atoms with Crippen molar-refractivity contribution in [2.75, 3.05) is 25.3 Å². The lowest BCUT2D eigenvalue weighted by Crippen LogP contribution is -2.40. The number of anilines is 1. The number of alkyl halides is 3. The highest BCUT2D eigenvalue weighted by molar-refractivity contribution is 7.93. The number of hydrogen-bond acceptors (Lipinski definition) is 10. The summed E-state index contributed by atoms with van der Waals surface area (Å²) in [6.45, 7) is -0.188. The number of carbonyl (C=O) groups excluding carboxylic acids is 1. The lowest BCUT2D eigenvalue weighted by Gasteiger charge is -2.32. The van der Waals surface area contributed by atoms with Gasteiger partial charge in [-0.05, 0) is 30.3 Å². The van der Waals surface area contributed by atoms with Gasteiger partial charge in [0.2, 0.25) is 6.79 Å². The molecule has 0 aliphatic carbocycles. The van der Waals surface area contributed by atoms with Crippen LogP contribution < -0.4 is 18.5 Å². The van der Waals surface area contributed by atoms with Gasteiger partial charge in [0.1, 0.15) is 5.75 Å². The maximum atomic E-state index is 13.6. The molecule has 16 heteroatoms. The van der Waals surface area contributed by atoms with Crippen LogP contribution in [-0.2, 0) is 33.9 Å².